The molecule has 0 spiro atoms. The van der Waals surface area contributed by atoms with E-state index >= 15 is 0 Å². The van der Waals surface area contributed by atoms with Gasteiger partial charge in [-0.2, -0.15) is 0 Å². The van der Waals surface area contributed by atoms with E-state index in [4.69, 9.17) is 0 Å². The van der Waals surface area contributed by atoms with Crippen LogP contribution in [-0.4, -0.2) is 12.6 Å². The number of likely N-dealkylation sites (N-methyl/N-ethyl adjacent to an activating group) is 1. The van der Waals surface area contributed by atoms with Crippen molar-refractivity contribution in [3.63, 3.8) is 0 Å². The molecule has 1 aromatic carbocycles. The van der Waals surface area contributed by atoms with E-state index in [0.29, 0.717) is 6.04 Å². The summed E-state index contributed by atoms with van der Waals surface area (Å²) in [4.78, 5) is 0. The first-order valence-corrected chi connectivity index (χ1v) is 9.15. The highest BCUT2D eigenvalue weighted by Gasteiger charge is 2.66. The highest BCUT2D eigenvalue weighted by atomic mass is 79.9. The largest absolute Gasteiger partial charge is 0.314 e. The molecule has 3 aliphatic carbocycles. The Morgan fingerprint density at radius 1 is 1.29 bits per heavy atom. The van der Waals surface area contributed by atoms with Gasteiger partial charge in [0.25, 0.3) is 0 Å². The van der Waals surface area contributed by atoms with E-state index in [1.54, 1.807) is 12.1 Å². The second kappa shape index (κ2) is 5.34. The maximum absolute atomic E-state index is 13.3. The standard InChI is InChI=1S/C18H23BrFN/c1-2-21-15(8-10-5-6-13(20)9-14(10)19)18-16-11-3-4-12(7-11)17(16)18/h5-6,9,11-12,15-18,21H,2-4,7-8H2,1H3. The molecule has 4 rings (SSSR count). The Kier molecular flexibility index (Phi) is 3.61. The van der Waals surface area contributed by atoms with Crippen LogP contribution in [0.4, 0.5) is 4.39 Å². The molecule has 21 heavy (non-hydrogen) atoms. The third-order valence-electron chi connectivity index (χ3n) is 6.18. The van der Waals surface area contributed by atoms with Crippen molar-refractivity contribution in [1.29, 1.82) is 0 Å². The second-order valence-corrected chi connectivity index (χ2v) is 8.02. The molecule has 3 heteroatoms. The average molecular weight is 352 g/mol. The Morgan fingerprint density at radius 3 is 2.62 bits per heavy atom. The zero-order chi connectivity index (χ0) is 14.6. The fraction of sp³-hybridized carbons (Fsp3) is 0.667. The van der Waals surface area contributed by atoms with Gasteiger partial charge in [-0.05, 0) is 79.5 Å². The highest BCUT2D eigenvalue weighted by molar-refractivity contribution is 9.10. The predicted molar refractivity (Wildman–Crippen MR) is 86.6 cm³/mol. The Labute approximate surface area is 134 Å². The van der Waals surface area contributed by atoms with E-state index in [2.05, 4.69) is 28.2 Å². The van der Waals surface area contributed by atoms with Crippen molar-refractivity contribution < 1.29 is 4.39 Å². The molecule has 0 heterocycles. The molecule has 5 unspecified atom stereocenters. The molecular formula is C18H23BrFN. The summed E-state index contributed by atoms with van der Waals surface area (Å²) < 4.78 is 14.2. The Bertz CT molecular complexity index is 530. The maximum atomic E-state index is 13.3. The third kappa shape index (κ3) is 2.37. The van der Waals surface area contributed by atoms with Crippen LogP contribution in [0.3, 0.4) is 0 Å². The maximum Gasteiger partial charge on any atom is 0.124 e. The summed E-state index contributed by atoms with van der Waals surface area (Å²) >= 11 is 3.53. The number of hydrogen-bond donors (Lipinski definition) is 1. The molecule has 2 bridgehead atoms. The molecule has 114 valence electrons. The van der Waals surface area contributed by atoms with Gasteiger partial charge in [0.15, 0.2) is 0 Å². The van der Waals surface area contributed by atoms with Gasteiger partial charge in [0.1, 0.15) is 5.82 Å². The van der Waals surface area contributed by atoms with Gasteiger partial charge in [0.05, 0.1) is 0 Å². The lowest BCUT2D eigenvalue weighted by Crippen LogP contribution is -2.35. The summed E-state index contributed by atoms with van der Waals surface area (Å²) in [6.07, 6.45) is 5.47. The average Bonchev–Trinajstić information content (AvgIpc) is 2.88. The molecule has 1 aromatic rings. The molecule has 0 aliphatic heterocycles. The van der Waals surface area contributed by atoms with E-state index in [0.717, 1.165) is 47.0 Å². The fourth-order valence-electron chi connectivity index (χ4n) is 5.46. The zero-order valence-electron chi connectivity index (χ0n) is 12.5. The van der Waals surface area contributed by atoms with E-state index in [1.807, 2.05) is 6.07 Å². The van der Waals surface area contributed by atoms with Gasteiger partial charge in [-0.15, -0.1) is 0 Å². The molecule has 1 nitrogen and oxygen atoms in total. The summed E-state index contributed by atoms with van der Waals surface area (Å²) in [6, 6.07) is 5.68. The monoisotopic (exact) mass is 351 g/mol. The van der Waals surface area contributed by atoms with Gasteiger partial charge in [-0.25, -0.2) is 4.39 Å². The van der Waals surface area contributed by atoms with Crippen molar-refractivity contribution in [3.05, 3.63) is 34.1 Å². The quantitative estimate of drug-likeness (QED) is 0.828. The minimum Gasteiger partial charge on any atom is -0.314 e. The fourth-order valence-corrected chi connectivity index (χ4v) is 5.97. The third-order valence-corrected chi connectivity index (χ3v) is 6.92. The molecule has 3 saturated carbocycles. The summed E-state index contributed by atoms with van der Waals surface area (Å²) in [6.45, 7) is 3.22. The van der Waals surface area contributed by atoms with Gasteiger partial charge in [0.2, 0.25) is 0 Å². The normalized spacial score (nSPS) is 37.6. The summed E-state index contributed by atoms with van der Waals surface area (Å²) in [5, 5.41) is 3.72. The van der Waals surface area contributed by atoms with Crippen molar-refractivity contribution in [1.82, 2.24) is 5.32 Å². The predicted octanol–water partition coefficient (Wildman–Crippen LogP) is 4.40. The number of hydrogen-bond acceptors (Lipinski definition) is 1. The van der Waals surface area contributed by atoms with Crippen LogP contribution >= 0.6 is 15.9 Å². The number of halogens is 2. The number of fused-ring (bicyclic) bond motifs is 5. The van der Waals surface area contributed by atoms with Crippen molar-refractivity contribution in [2.45, 2.75) is 38.6 Å². The lowest BCUT2D eigenvalue weighted by atomic mass is 9.93. The van der Waals surface area contributed by atoms with Gasteiger partial charge >= 0.3 is 0 Å². The zero-order valence-corrected chi connectivity index (χ0v) is 14.1. The molecule has 0 radical (unpaired) electrons. The van der Waals surface area contributed by atoms with E-state index in [1.165, 1.54) is 24.8 Å². The SMILES string of the molecule is CCNC(Cc1ccc(F)cc1Br)C1C2C3CCC(C3)C21. The van der Waals surface area contributed by atoms with Crippen LogP contribution in [0.25, 0.3) is 0 Å². The van der Waals surface area contributed by atoms with E-state index in [-0.39, 0.29) is 5.82 Å². The Hall–Kier alpha value is -0.410. The van der Waals surface area contributed by atoms with Gasteiger partial charge in [0, 0.05) is 10.5 Å². The first-order chi connectivity index (χ1) is 10.2. The Morgan fingerprint density at radius 2 is 2.00 bits per heavy atom. The molecule has 1 N–H and O–H groups in total. The second-order valence-electron chi connectivity index (χ2n) is 7.17. The first-order valence-electron chi connectivity index (χ1n) is 8.36. The molecular weight excluding hydrogens is 329 g/mol. The van der Waals surface area contributed by atoms with Crippen LogP contribution in [0.15, 0.2) is 22.7 Å². The molecule has 5 atom stereocenters. The van der Waals surface area contributed by atoms with Crippen LogP contribution in [0.5, 0.6) is 0 Å². The molecule has 0 amide bonds. The van der Waals surface area contributed by atoms with Crippen molar-refractivity contribution in [2.24, 2.45) is 29.6 Å². The summed E-state index contributed by atoms with van der Waals surface area (Å²) in [5.74, 6) is 4.73. The smallest absolute Gasteiger partial charge is 0.124 e. The van der Waals surface area contributed by atoms with Crippen molar-refractivity contribution in [3.8, 4) is 0 Å². The summed E-state index contributed by atoms with van der Waals surface area (Å²) in [5.41, 5.74) is 1.24. The van der Waals surface area contributed by atoms with Gasteiger partial charge < -0.3 is 5.32 Å². The van der Waals surface area contributed by atoms with Crippen LogP contribution in [0, 0.1) is 35.4 Å². The highest BCUT2D eigenvalue weighted by Crippen LogP contribution is 2.70. The van der Waals surface area contributed by atoms with Crippen molar-refractivity contribution in [2.75, 3.05) is 6.54 Å². The molecule has 3 aliphatic rings. The van der Waals surface area contributed by atoms with Crippen molar-refractivity contribution >= 4 is 15.9 Å². The molecule has 0 saturated heterocycles. The van der Waals surface area contributed by atoms with E-state index in [9.17, 15) is 4.39 Å². The minimum absolute atomic E-state index is 0.160. The molecule has 0 aromatic heterocycles. The van der Waals surface area contributed by atoms with Crippen LogP contribution in [-0.2, 0) is 6.42 Å². The number of nitrogens with one attached hydrogen (secondary N) is 1. The van der Waals surface area contributed by atoms with Gasteiger partial charge in [-0.1, -0.05) is 28.9 Å². The lowest BCUT2D eigenvalue weighted by molar-refractivity contribution is 0.365. The van der Waals surface area contributed by atoms with Crippen LogP contribution in [0.1, 0.15) is 31.7 Å². The minimum atomic E-state index is -0.160. The Balaban J connectivity index is 1.51. The van der Waals surface area contributed by atoms with Crippen LogP contribution in [0.2, 0.25) is 0 Å². The topological polar surface area (TPSA) is 12.0 Å². The van der Waals surface area contributed by atoms with E-state index < -0.39 is 0 Å². The van der Waals surface area contributed by atoms with Crippen LogP contribution < -0.4 is 5.32 Å². The number of rotatable bonds is 5. The van der Waals surface area contributed by atoms with Gasteiger partial charge in [-0.3, -0.25) is 0 Å². The lowest BCUT2D eigenvalue weighted by Gasteiger charge is -2.22. The first kappa shape index (κ1) is 14.2. The summed E-state index contributed by atoms with van der Waals surface area (Å²) in [7, 11) is 0. The molecule has 3 fully saturated rings. The number of benzene rings is 1.